The number of aryl methyl sites for hydroxylation is 1. The van der Waals surface area contributed by atoms with Crippen LogP contribution in [0, 0.1) is 17.0 Å². The molecule has 0 radical (unpaired) electrons. The summed E-state index contributed by atoms with van der Waals surface area (Å²) in [5.74, 6) is -0.220. The predicted octanol–water partition coefficient (Wildman–Crippen LogP) is 3.14. The van der Waals surface area contributed by atoms with Gasteiger partial charge in [0.2, 0.25) is 5.75 Å². The number of carbonyl (C=O) groups is 1. The van der Waals surface area contributed by atoms with Gasteiger partial charge in [-0.05, 0) is 25.1 Å². The molecule has 0 bridgehead atoms. The lowest BCUT2D eigenvalue weighted by Gasteiger charge is -2.13. The van der Waals surface area contributed by atoms with Gasteiger partial charge in [-0.15, -0.1) is 0 Å². The highest BCUT2D eigenvalue weighted by molar-refractivity contribution is 5.96. The Morgan fingerprint density at radius 3 is 2.13 bits per heavy atom. The van der Waals surface area contributed by atoms with Crippen LogP contribution < -0.4 is 14.2 Å². The number of methoxy groups -OCH3 is 2. The second-order valence-corrected chi connectivity index (χ2v) is 4.61. The second-order valence-electron chi connectivity index (χ2n) is 4.61. The van der Waals surface area contributed by atoms with Crippen LogP contribution in [0.1, 0.15) is 15.9 Å². The third kappa shape index (κ3) is 3.23. The summed E-state index contributed by atoms with van der Waals surface area (Å²) in [6.07, 6.45) is 0. The number of hydrogen-bond donors (Lipinski definition) is 0. The summed E-state index contributed by atoms with van der Waals surface area (Å²) in [6.45, 7) is 1.55. The number of para-hydroxylation sites is 2. The lowest BCUT2D eigenvalue weighted by atomic mass is 10.1. The summed E-state index contributed by atoms with van der Waals surface area (Å²) in [5, 5.41) is 11.2. The predicted molar refractivity (Wildman–Crippen MR) is 82.3 cm³/mol. The molecule has 7 heteroatoms. The van der Waals surface area contributed by atoms with Crippen LogP contribution in [0.4, 0.5) is 5.69 Å². The fourth-order valence-electron chi connectivity index (χ4n) is 2.13. The highest BCUT2D eigenvalue weighted by Gasteiger charge is 2.26. The van der Waals surface area contributed by atoms with E-state index in [-0.39, 0.29) is 28.5 Å². The molecule has 0 amide bonds. The van der Waals surface area contributed by atoms with E-state index in [4.69, 9.17) is 14.2 Å². The molecule has 2 rings (SSSR count). The summed E-state index contributed by atoms with van der Waals surface area (Å²) < 4.78 is 15.6. The minimum atomic E-state index is -0.858. The molecule has 0 saturated heterocycles. The monoisotopic (exact) mass is 317 g/mol. The average Bonchev–Trinajstić information content (AvgIpc) is 2.54. The Kier molecular flexibility index (Phi) is 4.80. The molecule has 0 aliphatic rings. The van der Waals surface area contributed by atoms with E-state index in [2.05, 4.69) is 0 Å². The van der Waals surface area contributed by atoms with E-state index in [0.29, 0.717) is 5.56 Å². The number of benzene rings is 2. The lowest BCUT2D eigenvalue weighted by molar-refractivity contribution is -0.385. The van der Waals surface area contributed by atoms with E-state index in [1.807, 2.05) is 0 Å². The van der Waals surface area contributed by atoms with Crippen molar-refractivity contribution in [3.05, 3.63) is 57.6 Å². The summed E-state index contributed by atoms with van der Waals surface area (Å²) in [6, 6.07) is 9.31. The van der Waals surface area contributed by atoms with Crippen molar-refractivity contribution in [1.29, 1.82) is 0 Å². The van der Waals surface area contributed by atoms with Gasteiger partial charge >= 0.3 is 5.97 Å². The quantitative estimate of drug-likeness (QED) is 0.364. The molecular formula is C16H15NO6. The molecule has 120 valence electrons. The summed E-state index contributed by atoms with van der Waals surface area (Å²) in [5.41, 5.74) is -0.0502. The van der Waals surface area contributed by atoms with Crippen LogP contribution in [0.5, 0.6) is 17.2 Å². The van der Waals surface area contributed by atoms with E-state index in [9.17, 15) is 14.9 Å². The van der Waals surface area contributed by atoms with Gasteiger partial charge in [-0.2, -0.15) is 0 Å². The molecule has 0 heterocycles. The van der Waals surface area contributed by atoms with E-state index in [1.54, 1.807) is 37.3 Å². The van der Waals surface area contributed by atoms with E-state index in [1.165, 1.54) is 20.3 Å². The van der Waals surface area contributed by atoms with Crippen LogP contribution in [0.25, 0.3) is 0 Å². The minimum absolute atomic E-state index is 0.0679. The molecule has 2 aromatic carbocycles. The van der Waals surface area contributed by atoms with Crippen molar-refractivity contribution in [1.82, 2.24) is 0 Å². The van der Waals surface area contributed by atoms with E-state index in [0.717, 1.165) is 0 Å². The Morgan fingerprint density at radius 2 is 1.61 bits per heavy atom. The first-order valence-corrected chi connectivity index (χ1v) is 6.66. The Balaban J connectivity index is 2.45. The number of nitro benzene ring substituents is 1. The molecule has 0 fully saturated rings. The van der Waals surface area contributed by atoms with Crippen LogP contribution in [0.2, 0.25) is 0 Å². The van der Waals surface area contributed by atoms with Crippen molar-refractivity contribution in [3.8, 4) is 17.2 Å². The maximum atomic E-state index is 12.4. The number of ether oxygens (including phenoxy) is 3. The fraction of sp³-hybridized carbons (Fsp3) is 0.188. The van der Waals surface area contributed by atoms with E-state index < -0.39 is 10.9 Å². The van der Waals surface area contributed by atoms with Crippen molar-refractivity contribution in [3.63, 3.8) is 0 Å². The first-order chi connectivity index (χ1) is 11.0. The van der Waals surface area contributed by atoms with E-state index >= 15 is 0 Å². The van der Waals surface area contributed by atoms with Crippen molar-refractivity contribution >= 4 is 11.7 Å². The van der Waals surface area contributed by atoms with Crippen molar-refractivity contribution < 1.29 is 23.9 Å². The Bertz CT molecular complexity index is 734. The van der Waals surface area contributed by atoms with Gasteiger partial charge in [-0.3, -0.25) is 10.1 Å². The molecule has 2 aromatic rings. The molecule has 0 N–H and O–H groups in total. The summed E-state index contributed by atoms with van der Waals surface area (Å²) in [7, 11) is 2.84. The minimum Gasteiger partial charge on any atom is -0.493 e. The third-order valence-corrected chi connectivity index (χ3v) is 3.22. The van der Waals surface area contributed by atoms with Crippen molar-refractivity contribution in [2.45, 2.75) is 6.92 Å². The van der Waals surface area contributed by atoms with Crippen LogP contribution in [0.15, 0.2) is 36.4 Å². The number of rotatable bonds is 5. The smallest absolute Gasteiger partial charge is 0.350 e. The molecular weight excluding hydrogens is 302 g/mol. The van der Waals surface area contributed by atoms with Gasteiger partial charge in [-0.1, -0.05) is 18.2 Å². The largest absolute Gasteiger partial charge is 0.493 e. The molecule has 0 aliphatic carbocycles. The Hall–Kier alpha value is -3.09. The molecule has 7 nitrogen and oxygen atoms in total. The Labute approximate surface area is 132 Å². The second kappa shape index (κ2) is 6.78. The molecule has 0 spiro atoms. The standard InChI is InChI=1S/C16H15NO6/c1-10-6-4-7-11(14(10)17(19)20)16(18)23-15-12(21-2)8-5-9-13(15)22-3/h4-9H,1-3H3. The molecule has 0 unspecified atom stereocenters. The zero-order valence-electron chi connectivity index (χ0n) is 12.9. The average molecular weight is 317 g/mol. The van der Waals surface area contributed by atoms with Crippen LogP contribution in [-0.2, 0) is 0 Å². The number of carbonyl (C=O) groups excluding carboxylic acids is 1. The maximum absolute atomic E-state index is 12.4. The van der Waals surface area contributed by atoms with Crippen LogP contribution in [0.3, 0.4) is 0 Å². The number of nitrogens with zero attached hydrogens (tertiary/aromatic N) is 1. The highest BCUT2D eigenvalue weighted by atomic mass is 16.6. The van der Waals surface area contributed by atoms with Gasteiger partial charge < -0.3 is 14.2 Å². The third-order valence-electron chi connectivity index (χ3n) is 3.22. The fourth-order valence-corrected chi connectivity index (χ4v) is 2.13. The first-order valence-electron chi connectivity index (χ1n) is 6.66. The zero-order valence-corrected chi connectivity index (χ0v) is 12.9. The van der Waals surface area contributed by atoms with Gasteiger partial charge in [0.1, 0.15) is 5.56 Å². The number of esters is 1. The SMILES string of the molecule is COc1cccc(OC)c1OC(=O)c1cccc(C)c1[N+](=O)[O-]. The number of nitro groups is 1. The van der Waals surface area contributed by atoms with Gasteiger partial charge in [0.15, 0.2) is 11.5 Å². The first kappa shape index (κ1) is 16.3. The van der Waals surface area contributed by atoms with Gasteiger partial charge in [0, 0.05) is 5.56 Å². The highest BCUT2D eigenvalue weighted by Crippen LogP contribution is 2.37. The molecule has 23 heavy (non-hydrogen) atoms. The van der Waals surface area contributed by atoms with Crippen molar-refractivity contribution in [2.24, 2.45) is 0 Å². The molecule has 0 atom stereocenters. The van der Waals surface area contributed by atoms with Crippen molar-refractivity contribution in [2.75, 3.05) is 14.2 Å². The topological polar surface area (TPSA) is 87.9 Å². The molecule has 0 aromatic heterocycles. The van der Waals surface area contributed by atoms with Gasteiger partial charge in [0.25, 0.3) is 5.69 Å². The van der Waals surface area contributed by atoms with Crippen LogP contribution in [-0.4, -0.2) is 25.1 Å². The van der Waals surface area contributed by atoms with Gasteiger partial charge in [0.05, 0.1) is 19.1 Å². The Morgan fingerprint density at radius 1 is 1.04 bits per heavy atom. The number of hydrogen-bond acceptors (Lipinski definition) is 6. The lowest BCUT2D eigenvalue weighted by Crippen LogP contribution is -2.13. The van der Waals surface area contributed by atoms with Crippen LogP contribution >= 0.6 is 0 Å². The zero-order chi connectivity index (χ0) is 17.0. The normalized spacial score (nSPS) is 10.0. The summed E-state index contributed by atoms with van der Waals surface area (Å²) >= 11 is 0. The summed E-state index contributed by atoms with van der Waals surface area (Å²) in [4.78, 5) is 23.0. The molecule has 0 saturated carbocycles. The maximum Gasteiger partial charge on any atom is 0.350 e. The molecule has 0 aliphatic heterocycles. The van der Waals surface area contributed by atoms with Gasteiger partial charge in [-0.25, -0.2) is 4.79 Å².